The van der Waals surface area contributed by atoms with Gasteiger partial charge in [0.05, 0.1) is 11.4 Å². The third-order valence-corrected chi connectivity index (χ3v) is 4.76. The van der Waals surface area contributed by atoms with Crippen molar-refractivity contribution in [2.45, 2.75) is 33.3 Å². The second kappa shape index (κ2) is 6.96. The molecule has 138 valence electrons. The monoisotopic (exact) mass is 362 g/mol. The van der Waals surface area contributed by atoms with E-state index >= 15 is 0 Å². The number of benzene rings is 1. The van der Waals surface area contributed by atoms with E-state index in [9.17, 15) is 0 Å². The van der Waals surface area contributed by atoms with Crippen molar-refractivity contribution in [3.05, 3.63) is 59.2 Å². The molecule has 3 heterocycles. The van der Waals surface area contributed by atoms with E-state index in [1.165, 1.54) is 11.9 Å². The fourth-order valence-corrected chi connectivity index (χ4v) is 3.39. The van der Waals surface area contributed by atoms with Crippen LogP contribution in [0.25, 0.3) is 11.3 Å². The van der Waals surface area contributed by atoms with Gasteiger partial charge in [0.15, 0.2) is 5.75 Å². The van der Waals surface area contributed by atoms with Gasteiger partial charge in [-0.05, 0) is 50.1 Å². The van der Waals surface area contributed by atoms with Gasteiger partial charge < -0.3 is 15.2 Å². The average Bonchev–Trinajstić information content (AvgIpc) is 3.07. The largest absolute Gasteiger partial charge is 0.488 e. The quantitative estimate of drug-likeness (QED) is 0.764. The molecule has 1 aliphatic heterocycles. The molecule has 0 fully saturated rings. The van der Waals surface area contributed by atoms with Crippen molar-refractivity contribution in [3.8, 4) is 28.6 Å². The van der Waals surface area contributed by atoms with Gasteiger partial charge in [0.25, 0.3) is 0 Å². The molecular formula is C21H22N4O2. The Labute approximate surface area is 158 Å². The second-order valence-corrected chi connectivity index (χ2v) is 6.82. The lowest BCUT2D eigenvalue weighted by molar-refractivity contribution is 0.242. The number of hydrogen-bond acceptors (Lipinski definition) is 6. The topological polar surface area (TPSA) is 83.2 Å². The van der Waals surface area contributed by atoms with Crippen LogP contribution in [0.3, 0.4) is 0 Å². The van der Waals surface area contributed by atoms with Crippen molar-refractivity contribution < 1.29 is 9.47 Å². The zero-order valence-corrected chi connectivity index (χ0v) is 15.7. The first-order valence-corrected chi connectivity index (χ1v) is 8.98. The molecule has 1 atom stereocenters. The number of ether oxygens (including phenoxy) is 2. The van der Waals surface area contributed by atoms with Crippen LogP contribution in [0.15, 0.2) is 36.8 Å². The van der Waals surface area contributed by atoms with Gasteiger partial charge in [-0.15, -0.1) is 0 Å². The van der Waals surface area contributed by atoms with Crippen LogP contribution < -0.4 is 15.2 Å². The zero-order valence-electron chi connectivity index (χ0n) is 15.7. The van der Waals surface area contributed by atoms with E-state index in [0.29, 0.717) is 18.2 Å². The number of nitrogens with zero attached hydrogens (tertiary/aromatic N) is 3. The van der Waals surface area contributed by atoms with Gasteiger partial charge in [0.2, 0.25) is 5.88 Å². The van der Waals surface area contributed by atoms with E-state index < -0.39 is 0 Å². The first-order chi connectivity index (χ1) is 13.1. The summed E-state index contributed by atoms with van der Waals surface area (Å²) < 4.78 is 12.1. The molecule has 0 aliphatic carbocycles. The van der Waals surface area contributed by atoms with Crippen molar-refractivity contribution in [1.29, 1.82) is 0 Å². The number of nitrogens with two attached hydrogens (primary N) is 1. The van der Waals surface area contributed by atoms with E-state index in [2.05, 4.69) is 34.0 Å². The highest BCUT2D eigenvalue weighted by Gasteiger charge is 2.27. The molecule has 0 amide bonds. The molecule has 2 aromatic heterocycles. The highest BCUT2D eigenvalue weighted by Crippen LogP contribution is 2.41. The van der Waals surface area contributed by atoms with Crippen LogP contribution in [0.5, 0.6) is 17.4 Å². The van der Waals surface area contributed by atoms with E-state index in [0.717, 1.165) is 40.2 Å². The smallest absolute Gasteiger partial charge is 0.225 e. The minimum Gasteiger partial charge on any atom is -0.488 e. The van der Waals surface area contributed by atoms with Crippen LogP contribution in [-0.4, -0.2) is 27.6 Å². The van der Waals surface area contributed by atoms with Gasteiger partial charge in [-0.3, -0.25) is 4.98 Å². The average molecular weight is 362 g/mol. The van der Waals surface area contributed by atoms with Crippen molar-refractivity contribution in [2.75, 3.05) is 6.54 Å². The van der Waals surface area contributed by atoms with Crippen LogP contribution in [0.2, 0.25) is 0 Å². The van der Waals surface area contributed by atoms with Crippen molar-refractivity contribution in [1.82, 2.24) is 15.0 Å². The summed E-state index contributed by atoms with van der Waals surface area (Å²) in [6, 6.07) is 7.96. The predicted octanol–water partition coefficient (Wildman–Crippen LogP) is 3.52. The molecule has 4 rings (SSSR count). The number of fused-ring (bicyclic) bond motifs is 1. The molecule has 0 saturated carbocycles. The van der Waals surface area contributed by atoms with E-state index in [4.69, 9.17) is 15.2 Å². The number of rotatable bonds is 4. The number of aryl methyl sites for hydroxylation is 2. The van der Waals surface area contributed by atoms with Crippen molar-refractivity contribution >= 4 is 0 Å². The molecule has 0 bridgehead atoms. The standard InChI is InChI=1S/C21H22N4O2/c1-12-7-15-9-16(10-22)26-20(15)17(8-12)19-13(2)21(25-11-24-19)27-18-5-4-6-23-14(18)3/h4-8,11,16H,9-10,22H2,1-3H3/t16-/m0/s1. The Kier molecular flexibility index (Phi) is 4.49. The lowest BCUT2D eigenvalue weighted by Crippen LogP contribution is -2.24. The Bertz CT molecular complexity index is 1000. The van der Waals surface area contributed by atoms with Crippen LogP contribution >= 0.6 is 0 Å². The molecule has 0 radical (unpaired) electrons. The molecule has 6 heteroatoms. The van der Waals surface area contributed by atoms with Gasteiger partial charge in [0.1, 0.15) is 18.2 Å². The molecular weight excluding hydrogens is 340 g/mol. The van der Waals surface area contributed by atoms with Crippen LogP contribution in [-0.2, 0) is 6.42 Å². The summed E-state index contributed by atoms with van der Waals surface area (Å²) in [7, 11) is 0. The minimum absolute atomic E-state index is 0.0106. The first-order valence-electron chi connectivity index (χ1n) is 8.98. The third-order valence-electron chi connectivity index (χ3n) is 4.76. The highest BCUT2D eigenvalue weighted by molar-refractivity contribution is 5.74. The summed E-state index contributed by atoms with van der Waals surface area (Å²) in [5.41, 5.74) is 11.6. The summed E-state index contributed by atoms with van der Waals surface area (Å²) in [5.74, 6) is 2.06. The maximum absolute atomic E-state index is 6.09. The maximum Gasteiger partial charge on any atom is 0.225 e. The van der Waals surface area contributed by atoms with Gasteiger partial charge in [-0.25, -0.2) is 9.97 Å². The number of hydrogen-bond donors (Lipinski definition) is 1. The summed E-state index contributed by atoms with van der Waals surface area (Å²) in [4.78, 5) is 13.1. The minimum atomic E-state index is 0.0106. The fraction of sp³-hybridized carbons (Fsp3) is 0.286. The number of aromatic nitrogens is 3. The lowest BCUT2D eigenvalue weighted by atomic mass is 9.99. The van der Waals surface area contributed by atoms with E-state index in [-0.39, 0.29) is 6.10 Å². The van der Waals surface area contributed by atoms with Crippen molar-refractivity contribution in [3.63, 3.8) is 0 Å². The van der Waals surface area contributed by atoms with Gasteiger partial charge >= 0.3 is 0 Å². The molecule has 1 aromatic carbocycles. The molecule has 0 spiro atoms. The van der Waals surface area contributed by atoms with E-state index in [1.807, 2.05) is 26.0 Å². The Morgan fingerprint density at radius 1 is 1.19 bits per heavy atom. The lowest BCUT2D eigenvalue weighted by Gasteiger charge is -2.15. The number of pyridine rings is 1. The van der Waals surface area contributed by atoms with Crippen LogP contribution in [0.1, 0.15) is 22.4 Å². The second-order valence-electron chi connectivity index (χ2n) is 6.82. The summed E-state index contributed by atoms with van der Waals surface area (Å²) in [5, 5.41) is 0. The third kappa shape index (κ3) is 3.24. The highest BCUT2D eigenvalue weighted by atomic mass is 16.5. The Morgan fingerprint density at radius 2 is 2.04 bits per heavy atom. The molecule has 27 heavy (non-hydrogen) atoms. The Balaban J connectivity index is 1.78. The van der Waals surface area contributed by atoms with Gasteiger partial charge in [-0.2, -0.15) is 0 Å². The normalized spacial score (nSPS) is 15.3. The zero-order chi connectivity index (χ0) is 19.0. The molecule has 1 aliphatic rings. The molecule has 2 N–H and O–H groups in total. The van der Waals surface area contributed by atoms with E-state index in [1.54, 1.807) is 6.20 Å². The summed E-state index contributed by atoms with van der Waals surface area (Å²) in [6.45, 7) is 6.43. The van der Waals surface area contributed by atoms with Gasteiger partial charge in [-0.1, -0.05) is 6.07 Å². The van der Waals surface area contributed by atoms with Crippen LogP contribution in [0.4, 0.5) is 0 Å². The SMILES string of the molecule is Cc1cc2c(c(-c3ncnc(Oc4cccnc4C)c3C)c1)O[C@H](CN)C2. The Hall–Kier alpha value is -2.99. The van der Waals surface area contributed by atoms with Gasteiger partial charge in [0, 0.05) is 30.3 Å². The summed E-state index contributed by atoms with van der Waals surface area (Å²) in [6.07, 6.45) is 4.09. The Morgan fingerprint density at radius 3 is 2.81 bits per heavy atom. The molecule has 3 aromatic rings. The van der Waals surface area contributed by atoms with Crippen molar-refractivity contribution in [2.24, 2.45) is 5.73 Å². The molecule has 0 saturated heterocycles. The predicted molar refractivity (Wildman–Crippen MR) is 103 cm³/mol. The molecule has 6 nitrogen and oxygen atoms in total. The maximum atomic E-state index is 6.09. The first kappa shape index (κ1) is 17.4. The molecule has 0 unspecified atom stereocenters. The summed E-state index contributed by atoms with van der Waals surface area (Å²) >= 11 is 0. The van der Waals surface area contributed by atoms with Crippen LogP contribution in [0, 0.1) is 20.8 Å². The fourth-order valence-electron chi connectivity index (χ4n) is 3.39.